The molecule has 28 heavy (non-hydrogen) atoms. The van der Waals surface area contributed by atoms with Crippen LogP contribution in [0.5, 0.6) is 11.5 Å². The highest BCUT2D eigenvalue weighted by Crippen LogP contribution is 2.34. The molecular weight excluding hydrogens is 371 g/mol. The third kappa shape index (κ3) is 4.38. The Morgan fingerprint density at radius 2 is 2.00 bits per heavy atom. The number of carbonyl (C=O) groups is 2. The minimum atomic E-state index is -1.56. The van der Waals surface area contributed by atoms with E-state index < -0.39 is 42.7 Å². The lowest BCUT2D eigenvalue weighted by Crippen LogP contribution is -2.59. The van der Waals surface area contributed by atoms with E-state index in [0.717, 1.165) is 0 Å². The Kier molecular flexibility index (Phi) is 6.09. The van der Waals surface area contributed by atoms with Gasteiger partial charge in [0, 0.05) is 6.54 Å². The minimum absolute atomic E-state index is 0.00944. The molecule has 152 valence electrons. The van der Waals surface area contributed by atoms with Crippen LogP contribution in [-0.4, -0.2) is 87.1 Å². The molecule has 1 amide bonds. The number of β-amino-alcohol motifs (C(OH)–C–C–N with tert-alkyl or cyclic N) is 1. The summed E-state index contributed by atoms with van der Waals surface area (Å²) in [6.45, 7) is 0.946. The summed E-state index contributed by atoms with van der Waals surface area (Å²) in [7, 11) is -1.56. The van der Waals surface area contributed by atoms with Gasteiger partial charge in [-0.05, 0) is 30.8 Å². The van der Waals surface area contributed by atoms with Crippen LogP contribution in [0.4, 0.5) is 0 Å². The molecule has 1 aromatic carbocycles. The second kappa shape index (κ2) is 8.35. The van der Waals surface area contributed by atoms with E-state index >= 15 is 0 Å². The fourth-order valence-corrected chi connectivity index (χ4v) is 3.40. The summed E-state index contributed by atoms with van der Waals surface area (Å²) in [5, 5.41) is 50.0. The van der Waals surface area contributed by atoms with E-state index in [-0.39, 0.29) is 43.1 Å². The van der Waals surface area contributed by atoms with Gasteiger partial charge in [-0.25, -0.2) is 4.79 Å². The first kappa shape index (κ1) is 20.4. The maximum Gasteiger partial charge on any atom is 0.451 e. The second-order valence-electron chi connectivity index (χ2n) is 7.10. The van der Waals surface area contributed by atoms with Crippen molar-refractivity contribution in [2.45, 2.75) is 37.4 Å². The summed E-state index contributed by atoms with van der Waals surface area (Å²) in [6.07, 6.45) is -0.527. The number of aromatic carboxylic acids is 1. The Morgan fingerprint density at radius 3 is 2.57 bits per heavy atom. The summed E-state index contributed by atoms with van der Waals surface area (Å²) in [6, 6.07) is 2.47. The molecule has 2 fully saturated rings. The number of aromatic hydroxyl groups is 1. The molecule has 0 aliphatic carbocycles. The zero-order valence-electron chi connectivity index (χ0n) is 15.1. The molecule has 0 unspecified atom stereocenters. The van der Waals surface area contributed by atoms with Gasteiger partial charge in [-0.15, -0.1) is 0 Å². The molecule has 0 spiro atoms. The van der Waals surface area contributed by atoms with Crippen molar-refractivity contribution in [1.82, 2.24) is 10.2 Å². The van der Waals surface area contributed by atoms with Gasteiger partial charge in [-0.1, -0.05) is 6.07 Å². The van der Waals surface area contributed by atoms with Crippen molar-refractivity contribution in [1.29, 1.82) is 0 Å². The molecule has 0 saturated carbocycles. The third-order valence-electron chi connectivity index (χ3n) is 4.97. The number of nitrogens with zero attached hydrogens (tertiary/aromatic N) is 1. The van der Waals surface area contributed by atoms with Gasteiger partial charge in [0.15, 0.2) is 0 Å². The van der Waals surface area contributed by atoms with Crippen LogP contribution < -0.4 is 10.1 Å². The Labute approximate surface area is 161 Å². The second-order valence-corrected chi connectivity index (χ2v) is 7.10. The van der Waals surface area contributed by atoms with E-state index in [0.29, 0.717) is 13.0 Å². The first-order valence-corrected chi connectivity index (χ1v) is 9.07. The van der Waals surface area contributed by atoms with Gasteiger partial charge in [0.05, 0.1) is 25.2 Å². The van der Waals surface area contributed by atoms with Crippen LogP contribution in [0.2, 0.25) is 6.32 Å². The third-order valence-corrected chi connectivity index (χ3v) is 4.97. The number of aliphatic hydroxyl groups excluding tert-OH is 1. The van der Waals surface area contributed by atoms with Crippen molar-refractivity contribution in [2.24, 2.45) is 0 Å². The number of nitrogens with one attached hydrogen (secondary N) is 1. The van der Waals surface area contributed by atoms with Gasteiger partial charge in [-0.3, -0.25) is 4.79 Å². The number of amides is 1. The number of hydrogen-bond acceptors (Lipinski definition) is 8. The minimum Gasteiger partial charge on any atom is -0.507 e. The lowest BCUT2D eigenvalue weighted by Gasteiger charge is -2.40. The van der Waals surface area contributed by atoms with E-state index in [1.165, 1.54) is 12.1 Å². The van der Waals surface area contributed by atoms with Crippen LogP contribution in [0.1, 0.15) is 22.3 Å². The summed E-state index contributed by atoms with van der Waals surface area (Å²) in [4.78, 5) is 25.4. The fourth-order valence-electron chi connectivity index (χ4n) is 3.40. The Morgan fingerprint density at radius 1 is 1.29 bits per heavy atom. The number of aliphatic hydroxyl groups is 1. The van der Waals surface area contributed by atoms with E-state index in [2.05, 4.69) is 5.32 Å². The topological polar surface area (TPSA) is 160 Å². The van der Waals surface area contributed by atoms with Crippen LogP contribution >= 0.6 is 0 Å². The van der Waals surface area contributed by atoms with Crippen molar-refractivity contribution >= 4 is 19.0 Å². The smallest absolute Gasteiger partial charge is 0.451 e. The average Bonchev–Trinajstić information content (AvgIpc) is 3.02. The van der Waals surface area contributed by atoms with Crippen LogP contribution in [-0.2, 0) is 11.2 Å². The molecule has 0 aromatic heterocycles. The Hall–Kier alpha value is -2.34. The van der Waals surface area contributed by atoms with Crippen LogP contribution in [0.15, 0.2) is 12.1 Å². The van der Waals surface area contributed by atoms with Crippen molar-refractivity contribution in [3.05, 3.63) is 23.3 Å². The Bertz CT molecular complexity index is 753. The number of phenols is 1. The predicted octanol–water partition coefficient (Wildman–Crippen LogP) is -1.58. The monoisotopic (exact) mass is 394 g/mol. The molecule has 11 heteroatoms. The highest BCUT2D eigenvalue weighted by molar-refractivity contribution is 6.41. The van der Waals surface area contributed by atoms with Gasteiger partial charge in [-0.2, -0.15) is 0 Å². The fraction of sp³-hybridized carbons (Fsp3) is 0.529. The Balaban J connectivity index is 1.62. The standard InChI is InChI=1S/C17H23BN2O8/c21-10-5-12(19-6-10)16(23)20-7-11(8-20)28-13-2-1-9(3-4-18(26)27)15(22)14(13)17(24)25/h1-2,10-12,19,21-22,26-27H,3-8H2,(H,24,25)/t10-,12+/m1/s1. The molecule has 6 N–H and O–H groups in total. The number of carboxylic acids is 1. The average molecular weight is 394 g/mol. The molecule has 0 radical (unpaired) electrons. The van der Waals surface area contributed by atoms with Gasteiger partial charge >= 0.3 is 13.1 Å². The van der Waals surface area contributed by atoms with Gasteiger partial charge in [0.25, 0.3) is 0 Å². The van der Waals surface area contributed by atoms with Crippen LogP contribution in [0.3, 0.4) is 0 Å². The van der Waals surface area contributed by atoms with Crippen molar-refractivity contribution in [3.63, 3.8) is 0 Å². The van der Waals surface area contributed by atoms with Crippen molar-refractivity contribution in [3.8, 4) is 11.5 Å². The zero-order valence-corrected chi connectivity index (χ0v) is 15.1. The van der Waals surface area contributed by atoms with Crippen LogP contribution in [0, 0.1) is 0 Å². The maximum absolute atomic E-state index is 12.3. The molecular formula is C17H23BN2O8. The van der Waals surface area contributed by atoms with Gasteiger partial charge in [0.2, 0.25) is 5.91 Å². The largest absolute Gasteiger partial charge is 0.507 e. The summed E-state index contributed by atoms with van der Waals surface area (Å²) in [5.41, 5.74) is -0.121. The van der Waals surface area contributed by atoms with Gasteiger partial charge in [0.1, 0.15) is 23.2 Å². The molecule has 2 atom stereocenters. The first-order valence-electron chi connectivity index (χ1n) is 9.07. The summed E-state index contributed by atoms with van der Waals surface area (Å²) < 4.78 is 5.67. The lowest BCUT2D eigenvalue weighted by atomic mass is 9.82. The van der Waals surface area contributed by atoms with Crippen LogP contribution in [0.25, 0.3) is 0 Å². The van der Waals surface area contributed by atoms with E-state index in [4.69, 9.17) is 14.8 Å². The number of aryl methyl sites for hydroxylation is 1. The number of benzene rings is 1. The quantitative estimate of drug-likeness (QED) is 0.300. The number of carboxylic acid groups (broad SMARTS) is 1. The molecule has 2 aliphatic heterocycles. The number of likely N-dealkylation sites (tertiary alicyclic amines) is 1. The maximum atomic E-state index is 12.3. The molecule has 1 aromatic rings. The van der Waals surface area contributed by atoms with Crippen molar-refractivity contribution in [2.75, 3.05) is 19.6 Å². The molecule has 0 bridgehead atoms. The zero-order chi connectivity index (χ0) is 20.4. The predicted molar refractivity (Wildman–Crippen MR) is 97.2 cm³/mol. The SMILES string of the molecule is O=C(O)c1c(OC2CN(C(=O)[C@@H]3C[C@@H](O)CN3)C2)ccc(CCB(O)O)c1O. The number of rotatable bonds is 7. The van der Waals surface area contributed by atoms with E-state index in [9.17, 15) is 24.9 Å². The van der Waals surface area contributed by atoms with Crippen molar-refractivity contribution < 1.29 is 39.7 Å². The highest BCUT2D eigenvalue weighted by atomic mass is 16.5. The molecule has 10 nitrogen and oxygen atoms in total. The summed E-state index contributed by atoms with van der Waals surface area (Å²) >= 11 is 0. The normalized spacial score (nSPS) is 22.0. The highest BCUT2D eigenvalue weighted by Gasteiger charge is 2.39. The number of carbonyl (C=O) groups excluding carboxylic acids is 1. The lowest BCUT2D eigenvalue weighted by molar-refractivity contribution is -0.142. The molecule has 3 rings (SSSR count). The molecule has 2 saturated heterocycles. The molecule has 2 heterocycles. The first-order chi connectivity index (χ1) is 13.3. The van der Waals surface area contributed by atoms with E-state index in [1.807, 2.05) is 0 Å². The van der Waals surface area contributed by atoms with Gasteiger partial charge < -0.3 is 40.3 Å². The summed E-state index contributed by atoms with van der Waals surface area (Å²) in [5.74, 6) is -1.97. The number of hydrogen-bond donors (Lipinski definition) is 6. The number of ether oxygens (including phenoxy) is 1. The molecule has 2 aliphatic rings. The van der Waals surface area contributed by atoms with E-state index in [1.54, 1.807) is 4.90 Å².